The number of nitrogens with one attached hydrogen (secondary N) is 1. The number of H-pyrrole nitrogens is 1. The second kappa shape index (κ2) is 7.99. The van der Waals surface area contributed by atoms with Crippen LogP contribution < -0.4 is 0 Å². The van der Waals surface area contributed by atoms with Crippen LogP contribution in [0.4, 0.5) is 8.78 Å². The van der Waals surface area contributed by atoms with Gasteiger partial charge in [0.2, 0.25) is 5.92 Å². The van der Waals surface area contributed by atoms with Crippen molar-refractivity contribution in [3.63, 3.8) is 0 Å². The molecule has 4 rings (SSSR count). The summed E-state index contributed by atoms with van der Waals surface area (Å²) >= 11 is 6.28. The van der Waals surface area contributed by atoms with Crippen molar-refractivity contribution in [3.8, 4) is 11.1 Å². The summed E-state index contributed by atoms with van der Waals surface area (Å²) in [5.74, 6) is -1.55. The first-order valence-corrected chi connectivity index (χ1v) is 9.19. The minimum atomic E-state index is -2.49. The summed E-state index contributed by atoms with van der Waals surface area (Å²) in [6.45, 7) is 0. The van der Waals surface area contributed by atoms with E-state index in [0.717, 1.165) is 28.0 Å². The normalized spacial score (nSPS) is 17.3. The largest absolute Gasteiger partial charge is 0.338 e. The van der Waals surface area contributed by atoms with Gasteiger partial charge in [-0.05, 0) is 48.6 Å². The molecule has 0 amide bonds. The zero-order chi connectivity index (χ0) is 18.1. The highest BCUT2D eigenvalue weighted by Gasteiger charge is 2.33. The van der Waals surface area contributed by atoms with E-state index in [1.165, 1.54) is 0 Å². The second-order valence-electron chi connectivity index (χ2n) is 6.89. The van der Waals surface area contributed by atoms with Gasteiger partial charge in [-0.3, -0.25) is 0 Å². The molecule has 1 aromatic heterocycles. The molecule has 1 aliphatic carbocycles. The van der Waals surface area contributed by atoms with Crippen LogP contribution in [0.2, 0.25) is 5.02 Å². The third-order valence-electron chi connectivity index (χ3n) is 4.97. The average Bonchev–Trinajstić information content (AvgIpc) is 3.03. The van der Waals surface area contributed by atoms with Gasteiger partial charge in [0, 0.05) is 23.4 Å². The highest BCUT2D eigenvalue weighted by Crippen LogP contribution is 2.37. The summed E-state index contributed by atoms with van der Waals surface area (Å²) in [7, 11) is 0. The Balaban J connectivity index is 0.00000210. The zero-order valence-corrected chi connectivity index (χ0v) is 16.2. The van der Waals surface area contributed by atoms with Crippen molar-refractivity contribution in [3.05, 3.63) is 59.4 Å². The molecule has 0 atom stereocenters. The summed E-state index contributed by atoms with van der Waals surface area (Å²) in [5, 5.41) is 0.709. The van der Waals surface area contributed by atoms with Crippen LogP contribution in [0.3, 0.4) is 0 Å². The van der Waals surface area contributed by atoms with E-state index in [2.05, 4.69) is 9.97 Å². The smallest absolute Gasteiger partial charge is 0.248 e. The molecule has 1 N–H and O–H groups in total. The monoisotopic (exact) mass is 408 g/mol. The standard InChI is InChI=1S/C21H19ClF2N2.ClH/c22-17-4-2-1-3-16(17)15-6-7-18-19(13-15)26-20(25-18)8-5-14-9-11-21(23,24)12-10-14;/h1-8,13-14H,9-12H2,(H,25,26);1H. The Kier molecular flexibility index (Phi) is 5.87. The fourth-order valence-electron chi connectivity index (χ4n) is 3.45. The number of benzene rings is 2. The molecule has 0 bridgehead atoms. The van der Waals surface area contributed by atoms with Crippen LogP contribution in [0.15, 0.2) is 48.5 Å². The number of halogens is 4. The Morgan fingerprint density at radius 2 is 1.85 bits per heavy atom. The number of imidazole rings is 1. The molecule has 0 spiro atoms. The lowest BCUT2D eigenvalue weighted by Crippen LogP contribution is -2.23. The molecule has 0 saturated heterocycles. The van der Waals surface area contributed by atoms with Gasteiger partial charge in [0.05, 0.1) is 11.0 Å². The predicted molar refractivity (Wildman–Crippen MR) is 110 cm³/mol. The molecular weight excluding hydrogens is 389 g/mol. The Morgan fingerprint density at radius 1 is 1.11 bits per heavy atom. The lowest BCUT2D eigenvalue weighted by molar-refractivity contribution is -0.0410. The van der Waals surface area contributed by atoms with Gasteiger partial charge in [0.1, 0.15) is 5.82 Å². The molecule has 0 unspecified atom stereocenters. The Labute approximate surface area is 168 Å². The maximum Gasteiger partial charge on any atom is 0.248 e. The van der Waals surface area contributed by atoms with Crippen molar-refractivity contribution < 1.29 is 8.78 Å². The minimum Gasteiger partial charge on any atom is -0.338 e. The fourth-order valence-corrected chi connectivity index (χ4v) is 3.70. The molecule has 27 heavy (non-hydrogen) atoms. The van der Waals surface area contributed by atoms with Crippen LogP contribution in [-0.2, 0) is 0 Å². The van der Waals surface area contributed by atoms with Gasteiger partial charge in [-0.15, -0.1) is 12.4 Å². The van der Waals surface area contributed by atoms with Crippen LogP contribution in [0.5, 0.6) is 0 Å². The molecule has 2 aromatic carbocycles. The molecule has 6 heteroatoms. The molecule has 0 aliphatic heterocycles. The number of nitrogens with zero attached hydrogens (tertiary/aromatic N) is 1. The number of fused-ring (bicyclic) bond motifs is 1. The van der Waals surface area contributed by atoms with Crippen LogP contribution in [0.1, 0.15) is 31.5 Å². The van der Waals surface area contributed by atoms with Crippen LogP contribution >= 0.6 is 24.0 Å². The zero-order valence-electron chi connectivity index (χ0n) is 14.6. The van der Waals surface area contributed by atoms with Crippen molar-refractivity contribution in [2.45, 2.75) is 31.6 Å². The molecule has 2 nitrogen and oxygen atoms in total. The van der Waals surface area contributed by atoms with E-state index >= 15 is 0 Å². The first-order chi connectivity index (χ1) is 12.5. The molecule has 1 heterocycles. The maximum atomic E-state index is 13.2. The lowest BCUT2D eigenvalue weighted by Gasteiger charge is -2.26. The Morgan fingerprint density at radius 3 is 2.59 bits per heavy atom. The van der Waals surface area contributed by atoms with Crippen molar-refractivity contribution in [2.24, 2.45) is 5.92 Å². The predicted octanol–water partition coefficient (Wildman–Crippen LogP) is 7.14. The molecule has 3 aromatic rings. The van der Waals surface area contributed by atoms with Gasteiger partial charge in [-0.25, -0.2) is 13.8 Å². The highest BCUT2D eigenvalue weighted by molar-refractivity contribution is 6.33. The van der Waals surface area contributed by atoms with E-state index in [9.17, 15) is 8.78 Å². The number of alkyl halides is 2. The third-order valence-corrected chi connectivity index (χ3v) is 5.30. The number of aromatic nitrogens is 2. The SMILES string of the molecule is Cl.FC1(F)CCC(C=Cc2nc3ccc(-c4ccccc4Cl)cc3[nH]2)CC1. The van der Waals surface area contributed by atoms with Gasteiger partial charge in [0.15, 0.2) is 0 Å². The lowest BCUT2D eigenvalue weighted by atomic mass is 9.86. The van der Waals surface area contributed by atoms with Crippen LogP contribution in [-0.4, -0.2) is 15.9 Å². The van der Waals surface area contributed by atoms with E-state index in [4.69, 9.17) is 11.6 Å². The van der Waals surface area contributed by atoms with Crippen molar-refractivity contribution >= 4 is 41.1 Å². The summed E-state index contributed by atoms with van der Waals surface area (Å²) in [6, 6.07) is 13.7. The minimum absolute atomic E-state index is 0. The van der Waals surface area contributed by atoms with E-state index in [0.29, 0.717) is 17.9 Å². The molecule has 0 radical (unpaired) electrons. The third kappa shape index (κ3) is 4.50. The molecule has 142 valence electrons. The van der Waals surface area contributed by atoms with Crippen molar-refractivity contribution in [1.82, 2.24) is 9.97 Å². The summed E-state index contributed by atoms with van der Waals surface area (Å²) in [5.41, 5.74) is 3.80. The Bertz CT molecular complexity index is 956. The maximum absolute atomic E-state index is 13.2. The van der Waals surface area contributed by atoms with Gasteiger partial charge < -0.3 is 4.98 Å². The molecule has 1 aliphatic rings. The number of aromatic amines is 1. The molecule has 1 fully saturated rings. The first kappa shape index (κ1) is 19.8. The number of hydrogen-bond donors (Lipinski definition) is 1. The summed E-state index contributed by atoms with van der Waals surface area (Å²) in [4.78, 5) is 7.85. The topological polar surface area (TPSA) is 28.7 Å². The summed E-state index contributed by atoms with van der Waals surface area (Å²) < 4.78 is 26.5. The first-order valence-electron chi connectivity index (χ1n) is 8.81. The molecular formula is C21H20Cl2F2N2. The van der Waals surface area contributed by atoms with E-state index in [-0.39, 0.29) is 31.2 Å². The second-order valence-corrected chi connectivity index (χ2v) is 7.29. The van der Waals surface area contributed by atoms with E-state index in [1.807, 2.05) is 54.6 Å². The average molecular weight is 409 g/mol. The van der Waals surface area contributed by atoms with Gasteiger partial charge in [0.25, 0.3) is 0 Å². The highest BCUT2D eigenvalue weighted by atomic mass is 35.5. The Hall–Kier alpha value is -1.91. The van der Waals surface area contributed by atoms with E-state index < -0.39 is 5.92 Å². The van der Waals surface area contributed by atoms with Crippen molar-refractivity contribution in [1.29, 1.82) is 0 Å². The fraction of sp³-hybridized carbons (Fsp3) is 0.286. The van der Waals surface area contributed by atoms with Gasteiger partial charge in [-0.1, -0.05) is 41.9 Å². The number of allylic oxidation sites excluding steroid dienone is 1. The van der Waals surface area contributed by atoms with Gasteiger partial charge >= 0.3 is 0 Å². The number of hydrogen-bond acceptors (Lipinski definition) is 1. The van der Waals surface area contributed by atoms with Crippen LogP contribution in [0.25, 0.3) is 28.2 Å². The van der Waals surface area contributed by atoms with E-state index in [1.54, 1.807) is 0 Å². The van der Waals surface area contributed by atoms with Gasteiger partial charge in [-0.2, -0.15) is 0 Å². The van der Waals surface area contributed by atoms with Crippen LogP contribution in [0, 0.1) is 5.92 Å². The molecule has 1 saturated carbocycles. The number of rotatable bonds is 3. The van der Waals surface area contributed by atoms with Crippen molar-refractivity contribution in [2.75, 3.05) is 0 Å². The summed E-state index contributed by atoms with van der Waals surface area (Å²) in [6.07, 6.45) is 4.92. The quantitative estimate of drug-likeness (QED) is 0.489.